The largest absolute Gasteiger partial charge is 0.494 e. The number of likely N-dealkylation sites (N-methyl/N-ethyl adjacent to an activating group) is 1. The van der Waals surface area contributed by atoms with E-state index in [1.807, 2.05) is 0 Å². The normalized spacial score (nSPS) is 17.1. The highest BCUT2D eigenvalue weighted by atomic mass is 16.5. The van der Waals surface area contributed by atoms with Gasteiger partial charge in [0.1, 0.15) is 5.75 Å². The van der Waals surface area contributed by atoms with E-state index in [-0.39, 0.29) is 5.56 Å². The van der Waals surface area contributed by atoms with Crippen molar-refractivity contribution in [1.29, 1.82) is 0 Å². The first-order valence-corrected chi connectivity index (χ1v) is 7.02. The Morgan fingerprint density at radius 1 is 1.20 bits per heavy atom. The Hall–Kier alpha value is -1.59. The molecule has 0 bridgehead atoms. The predicted octanol–water partition coefficient (Wildman–Crippen LogP) is 1.40. The molecule has 20 heavy (non-hydrogen) atoms. The number of hydrogen-bond acceptors (Lipinski definition) is 4. The number of carboxylic acid groups (broad SMARTS) is 1. The van der Waals surface area contributed by atoms with Crippen LogP contribution in [0.15, 0.2) is 24.3 Å². The first kappa shape index (κ1) is 14.8. The zero-order valence-electron chi connectivity index (χ0n) is 11.9. The lowest BCUT2D eigenvalue weighted by Crippen LogP contribution is -2.44. The Morgan fingerprint density at radius 2 is 1.85 bits per heavy atom. The van der Waals surface area contributed by atoms with Gasteiger partial charge in [0.2, 0.25) is 0 Å². The quantitative estimate of drug-likeness (QED) is 0.797. The van der Waals surface area contributed by atoms with Gasteiger partial charge in [-0.3, -0.25) is 0 Å². The molecule has 1 saturated heterocycles. The Labute approximate surface area is 119 Å². The van der Waals surface area contributed by atoms with Crippen LogP contribution in [0, 0.1) is 0 Å². The maximum Gasteiger partial charge on any atom is 0.335 e. The minimum Gasteiger partial charge on any atom is -0.494 e. The monoisotopic (exact) mass is 278 g/mol. The molecular weight excluding hydrogens is 256 g/mol. The second-order valence-corrected chi connectivity index (χ2v) is 5.18. The number of benzene rings is 1. The molecule has 1 N–H and O–H groups in total. The minimum atomic E-state index is -0.911. The Balaban J connectivity index is 1.64. The molecular formula is C15H22N2O3. The molecule has 0 atom stereocenters. The molecule has 0 unspecified atom stereocenters. The van der Waals surface area contributed by atoms with Crippen LogP contribution in [0.25, 0.3) is 0 Å². The molecule has 0 spiro atoms. The Kier molecular flexibility index (Phi) is 5.38. The van der Waals surface area contributed by atoms with Crippen molar-refractivity contribution in [2.75, 3.05) is 46.4 Å². The number of aromatic carboxylic acids is 1. The van der Waals surface area contributed by atoms with Crippen LogP contribution in [0.4, 0.5) is 0 Å². The molecule has 0 aromatic heterocycles. The zero-order chi connectivity index (χ0) is 14.4. The van der Waals surface area contributed by atoms with Gasteiger partial charge in [-0.1, -0.05) is 0 Å². The van der Waals surface area contributed by atoms with Crippen molar-refractivity contribution in [3.8, 4) is 5.75 Å². The van der Waals surface area contributed by atoms with Crippen molar-refractivity contribution in [3.05, 3.63) is 29.8 Å². The summed E-state index contributed by atoms with van der Waals surface area (Å²) in [6.07, 6.45) is 0.990. The molecule has 1 aromatic rings. The minimum absolute atomic E-state index is 0.287. The van der Waals surface area contributed by atoms with Gasteiger partial charge in [-0.15, -0.1) is 0 Å². The van der Waals surface area contributed by atoms with E-state index < -0.39 is 5.97 Å². The maximum atomic E-state index is 10.7. The van der Waals surface area contributed by atoms with Gasteiger partial charge in [-0.05, 0) is 37.7 Å². The van der Waals surface area contributed by atoms with E-state index in [1.165, 1.54) is 0 Å². The highest BCUT2D eigenvalue weighted by molar-refractivity contribution is 5.87. The third kappa shape index (κ3) is 4.51. The summed E-state index contributed by atoms with van der Waals surface area (Å²) in [5, 5.41) is 8.80. The molecule has 2 rings (SSSR count). The fraction of sp³-hybridized carbons (Fsp3) is 0.533. The number of nitrogens with zero attached hydrogens (tertiary/aromatic N) is 2. The second-order valence-electron chi connectivity index (χ2n) is 5.18. The molecule has 1 aromatic carbocycles. The lowest BCUT2D eigenvalue weighted by Gasteiger charge is -2.32. The standard InChI is InChI=1S/C15H22N2O3/c1-16-8-10-17(11-9-16)7-2-12-20-14-5-3-13(4-6-14)15(18)19/h3-6H,2,7-12H2,1H3,(H,18,19). The van der Waals surface area contributed by atoms with E-state index in [4.69, 9.17) is 9.84 Å². The first-order chi connectivity index (χ1) is 9.65. The van der Waals surface area contributed by atoms with E-state index in [2.05, 4.69) is 16.8 Å². The molecule has 0 aliphatic carbocycles. The van der Waals surface area contributed by atoms with Crippen LogP contribution < -0.4 is 4.74 Å². The molecule has 1 fully saturated rings. The summed E-state index contributed by atoms with van der Waals surface area (Å²) in [5.74, 6) is -0.181. The van der Waals surface area contributed by atoms with Gasteiger partial charge in [-0.2, -0.15) is 0 Å². The molecule has 1 aliphatic heterocycles. The zero-order valence-corrected chi connectivity index (χ0v) is 11.9. The second kappa shape index (κ2) is 7.26. The molecule has 0 saturated carbocycles. The van der Waals surface area contributed by atoms with Crippen molar-refractivity contribution in [3.63, 3.8) is 0 Å². The van der Waals surface area contributed by atoms with Crippen LogP contribution in [0.5, 0.6) is 5.75 Å². The lowest BCUT2D eigenvalue weighted by atomic mass is 10.2. The third-order valence-corrected chi connectivity index (χ3v) is 3.58. The highest BCUT2D eigenvalue weighted by Crippen LogP contribution is 2.12. The van der Waals surface area contributed by atoms with Gasteiger partial charge >= 0.3 is 5.97 Å². The number of hydrogen-bond donors (Lipinski definition) is 1. The van der Waals surface area contributed by atoms with Crippen LogP contribution in [0.3, 0.4) is 0 Å². The van der Waals surface area contributed by atoms with Crippen LogP contribution >= 0.6 is 0 Å². The predicted molar refractivity (Wildman–Crippen MR) is 77.5 cm³/mol. The van der Waals surface area contributed by atoms with Gasteiger partial charge in [0.25, 0.3) is 0 Å². The van der Waals surface area contributed by atoms with Crippen molar-refractivity contribution in [2.24, 2.45) is 0 Å². The number of piperazine rings is 1. The van der Waals surface area contributed by atoms with E-state index >= 15 is 0 Å². The van der Waals surface area contributed by atoms with Crippen molar-refractivity contribution < 1.29 is 14.6 Å². The molecule has 5 nitrogen and oxygen atoms in total. The highest BCUT2D eigenvalue weighted by Gasteiger charge is 2.12. The molecule has 110 valence electrons. The average Bonchev–Trinajstić information content (AvgIpc) is 2.46. The smallest absolute Gasteiger partial charge is 0.335 e. The van der Waals surface area contributed by atoms with Gasteiger partial charge in [0.15, 0.2) is 0 Å². The van der Waals surface area contributed by atoms with Crippen molar-refractivity contribution >= 4 is 5.97 Å². The summed E-state index contributed by atoms with van der Waals surface area (Å²) in [6.45, 7) is 6.25. The van der Waals surface area contributed by atoms with Crippen LogP contribution in [-0.2, 0) is 0 Å². The van der Waals surface area contributed by atoms with Crippen LogP contribution in [0.1, 0.15) is 16.8 Å². The number of rotatable bonds is 6. The first-order valence-electron chi connectivity index (χ1n) is 7.02. The summed E-state index contributed by atoms with van der Waals surface area (Å²) in [4.78, 5) is 15.5. The van der Waals surface area contributed by atoms with Gasteiger partial charge in [0.05, 0.1) is 12.2 Å². The topological polar surface area (TPSA) is 53.0 Å². The lowest BCUT2D eigenvalue weighted by molar-refractivity contribution is 0.0697. The van der Waals surface area contributed by atoms with E-state index in [1.54, 1.807) is 24.3 Å². The molecule has 1 aliphatic rings. The summed E-state index contributed by atoms with van der Waals surface area (Å²) in [7, 11) is 2.15. The van der Waals surface area contributed by atoms with Crippen LogP contribution in [-0.4, -0.2) is 67.3 Å². The molecule has 0 amide bonds. The Bertz CT molecular complexity index is 425. The molecule has 5 heteroatoms. The Morgan fingerprint density at radius 3 is 2.45 bits per heavy atom. The van der Waals surface area contributed by atoms with E-state index in [9.17, 15) is 4.79 Å². The number of carbonyl (C=O) groups is 1. The summed E-state index contributed by atoms with van der Waals surface area (Å²) in [6, 6.07) is 6.55. The van der Waals surface area contributed by atoms with E-state index in [0.717, 1.165) is 44.9 Å². The summed E-state index contributed by atoms with van der Waals surface area (Å²) < 4.78 is 5.62. The molecule has 1 heterocycles. The summed E-state index contributed by atoms with van der Waals surface area (Å²) in [5.41, 5.74) is 0.287. The van der Waals surface area contributed by atoms with E-state index in [0.29, 0.717) is 6.61 Å². The fourth-order valence-corrected chi connectivity index (χ4v) is 2.24. The maximum absolute atomic E-state index is 10.7. The van der Waals surface area contributed by atoms with Crippen molar-refractivity contribution in [2.45, 2.75) is 6.42 Å². The SMILES string of the molecule is CN1CCN(CCCOc2ccc(C(=O)O)cc2)CC1. The van der Waals surface area contributed by atoms with Gasteiger partial charge < -0.3 is 19.6 Å². The average molecular weight is 278 g/mol. The number of ether oxygens (including phenoxy) is 1. The third-order valence-electron chi connectivity index (χ3n) is 3.58. The van der Waals surface area contributed by atoms with Gasteiger partial charge in [0, 0.05) is 32.7 Å². The van der Waals surface area contributed by atoms with Crippen LogP contribution in [0.2, 0.25) is 0 Å². The molecule has 0 radical (unpaired) electrons. The summed E-state index contributed by atoms with van der Waals surface area (Å²) >= 11 is 0. The fourth-order valence-electron chi connectivity index (χ4n) is 2.24. The van der Waals surface area contributed by atoms with Gasteiger partial charge in [-0.25, -0.2) is 4.79 Å². The number of carboxylic acids is 1. The van der Waals surface area contributed by atoms with Crippen molar-refractivity contribution in [1.82, 2.24) is 9.80 Å².